The van der Waals surface area contributed by atoms with Crippen molar-refractivity contribution in [3.8, 4) is 0 Å². The minimum Gasteiger partial charge on any atom is -0.366 e. The van der Waals surface area contributed by atoms with Crippen LogP contribution in [0.15, 0.2) is 24.3 Å². The molecule has 2 rings (SSSR count). The predicted molar refractivity (Wildman–Crippen MR) is 79.3 cm³/mol. The monoisotopic (exact) mass is 246 g/mol. The molecule has 1 saturated heterocycles. The summed E-state index contributed by atoms with van der Waals surface area (Å²) in [5.41, 5.74) is 2.84. The smallest absolute Gasteiger partial charge is 0.0412 e. The SMILES string of the molecule is CCCc1ccc(N2CC(C)NCC2CC)cc1. The van der Waals surface area contributed by atoms with E-state index in [1.54, 1.807) is 0 Å². The summed E-state index contributed by atoms with van der Waals surface area (Å²) < 4.78 is 0. The van der Waals surface area contributed by atoms with Crippen LogP contribution in [-0.2, 0) is 6.42 Å². The van der Waals surface area contributed by atoms with Crippen molar-refractivity contribution in [2.24, 2.45) is 0 Å². The van der Waals surface area contributed by atoms with Crippen LogP contribution in [0.1, 0.15) is 39.2 Å². The zero-order chi connectivity index (χ0) is 13.0. The van der Waals surface area contributed by atoms with Crippen molar-refractivity contribution in [1.29, 1.82) is 0 Å². The van der Waals surface area contributed by atoms with E-state index >= 15 is 0 Å². The van der Waals surface area contributed by atoms with Crippen molar-refractivity contribution < 1.29 is 0 Å². The van der Waals surface area contributed by atoms with Gasteiger partial charge in [0, 0.05) is 30.9 Å². The van der Waals surface area contributed by atoms with E-state index in [1.807, 2.05) is 0 Å². The standard InChI is InChI=1S/C16H26N2/c1-4-6-14-7-9-16(10-8-14)18-12-13(3)17-11-15(18)5-2/h7-10,13,15,17H,4-6,11-12H2,1-3H3. The number of hydrogen-bond acceptors (Lipinski definition) is 2. The minimum absolute atomic E-state index is 0.586. The fourth-order valence-corrected chi connectivity index (χ4v) is 2.78. The minimum atomic E-state index is 0.586. The molecule has 0 aliphatic carbocycles. The Kier molecular flexibility index (Phi) is 4.65. The van der Waals surface area contributed by atoms with Crippen LogP contribution in [0.2, 0.25) is 0 Å². The molecule has 1 aromatic carbocycles. The highest BCUT2D eigenvalue weighted by molar-refractivity contribution is 5.49. The van der Waals surface area contributed by atoms with Crippen LogP contribution in [0.25, 0.3) is 0 Å². The number of piperazine rings is 1. The highest BCUT2D eigenvalue weighted by Gasteiger charge is 2.24. The Hall–Kier alpha value is -1.02. The highest BCUT2D eigenvalue weighted by Crippen LogP contribution is 2.22. The second kappa shape index (κ2) is 6.24. The van der Waals surface area contributed by atoms with Gasteiger partial charge in [0.1, 0.15) is 0 Å². The number of nitrogens with zero attached hydrogens (tertiary/aromatic N) is 1. The molecule has 1 aromatic rings. The van der Waals surface area contributed by atoms with Gasteiger partial charge in [0.2, 0.25) is 0 Å². The number of nitrogens with one attached hydrogen (secondary N) is 1. The second-order valence-electron chi connectivity index (χ2n) is 5.44. The maximum Gasteiger partial charge on any atom is 0.0412 e. The summed E-state index contributed by atoms with van der Waals surface area (Å²) in [5, 5.41) is 3.57. The first-order valence-electron chi connectivity index (χ1n) is 7.33. The Balaban J connectivity index is 2.12. The number of benzene rings is 1. The first-order chi connectivity index (χ1) is 8.74. The summed E-state index contributed by atoms with van der Waals surface area (Å²) in [6.07, 6.45) is 3.62. The molecule has 0 saturated carbocycles. The average Bonchev–Trinajstić information content (AvgIpc) is 2.40. The molecule has 0 amide bonds. The van der Waals surface area contributed by atoms with Crippen LogP contribution < -0.4 is 10.2 Å². The van der Waals surface area contributed by atoms with Crippen molar-refractivity contribution in [1.82, 2.24) is 5.32 Å². The van der Waals surface area contributed by atoms with Gasteiger partial charge in [0.25, 0.3) is 0 Å². The fraction of sp³-hybridized carbons (Fsp3) is 0.625. The van der Waals surface area contributed by atoms with Crippen molar-refractivity contribution in [2.75, 3.05) is 18.0 Å². The van der Waals surface area contributed by atoms with Crippen molar-refractivity contribution in [2.45, 2.75) is 52.1 Å². The lowest BCUT2D eigenvalue weighted by molar-refractivity contribution is 0.402. The molecule has 0 spiro atoms. The van der Waals surface area contributed by atoms with Crippen LogP contribution >= 0.6 is 0 Å². The molecule has 0 bridgehead atoms. The molecule has 1 N–H and O–H groups in total. The molecule has 0 aromatic heterocycles. The Bertz CT molecular complexity index is 358. The van der Waals surface area contributed by atoms with E-state index in [2.05, 4.69) is 55.3 Å². The molecule has 1 aliphatic heterocycles. The van der Waals surface area contributed by atoms with Gasteiger partial charge in [-0.1, -0.05) is 32.4 Å². The Morgan fingerprint density at radius 2 is 1.94 bits per heavy atom. The van der Waals surface area contributed by atoms with Crippen molar-refractivity contribution in [3.05, 3.63) is 29.8 Å². The Morgan fingerprint density at radius 1 is 1.22 bits per heavy atom. The van der Waals surface area contributed by atoms with Gasteiger partial charge in [-0.05, 0) is 37.5 Å². The first-order valence-corrected chi connectivity index (χ1v) is 7.33. The van der Waals surface area contributed by atoms with Crippen LogP contribution in [0.3, 0.4) is 0 Å². The molecule has 2 heteroatoms. The third kappa shape index (κ3) is 3.05. The fourth-order valence-electron chi connectivity index (χ4n) is 2.78. The molecule has 2 unspecified atom stereocenters. The third-order valence-electron chi connectivity index (χ3n) is 3.89. The molecule has 1 fully saturated rings. The molecule has 1 aliphatic rings. The van der Waals surface area contributed by atoms with Gasteiger partial charge in [0.15, 0.2) is 0 Å². The molecule has 18 heavy (non-hydrogen) atoms. The maximum atomic E-state index is 3.57. The Morgan fingerprint density at radius 3 is 2.56 bits per heavy atom. The van der Waals surface area contributed by atoms with E-state index in [-0.39, 0.29) is 0 Å². The summed E-state index contributed by atoms with van der Waals surface area (Å²) in [6, 6.07) is 10.4. The van der Waals surface area contributed by atoms with Gasteiger partial charge in [-0.2, -0.15) is 0 Å². The lowest BCUT2D eigenvalue weighted by Crippen LogP contribution is -2.55. The molecular formula is C16H26N2. The quantitative estimate of drug-likeness (QED) is 0.877. The van der Waals surface area contributed by atoms with E-state index in [0.29, 0.717) is 12.1 Å². The number of anilines is 1. The van der Waals surface area contributed by atoms with Crippen LogP contribution in [0.4, 0.5) is 5.69 Å². The molecular weight excluding hydrogens is 220 g/mol. The van der Waals surface area contributed by atoms with Gasteiger partial charge < -0.3 is 10.2 Å². The molecule has 2 nitrogen and oxygen atoms in total. The maximum absolute atomic E-state index is 3.57. The Labute approximate surface area is 111 Å². The summed E-state index contributed by atoms with van der Waals surface area (Å²) in [4.78, 5) is 2.57. The predicted octanol–water partition coefficient (Wildman–Crippen LogP) is 3.22. The average molecular weight is 246 g/mol. The molecule has 0 radical (unpaired) electrons. The van der Waals surface area contributed by atoms with Crippen LogP contribution in [-0.4, -0.2) is 25.2 Å². The topological polar surface area (TPSA) is 15.3 Å². The molecule has 100 valence electrons. The molecule has 1 heterocycles. The third-order valence-corrected chi connectivity index (χ3v) is 3.89. The van der Waals surface area contributed by atoms with Crippen molar-refractivity contribution >= 4 is 5.69 Å². The summed E-state index contributed by atoms with van der Waals surface area (Å²) in [7, 11) is 0. The van der Waals surface area contributed by atoms with Gasteiger partial charge in [0.05, 0.1) is 0 Å². The number of rotatable bonds is 4. The number of hydrogen-bond donors (Lipinski definition) is 1. The van der Waals surface area contributed by atoms with Gasteiger partial charge in [-0.3, -0.25) is 0 Å². The first kappa shape index (κ1) is 13.4. The van der Waals surface area contributed by atoms with Crippen LogP contribution in [0.5, 0.6) is 0 Å². The van der Waals surface area contributed by atoms with E-state index in [1.165, 1.54) is 30.5 Å². The largest absolute Gasteiger partial charge is 0.366 e. The lowest BCUT2D eigenvalue weighted by atomic mass is 10.0. The van der Waals surface area contributed by atoms with E-state index in [0.717, 1.165) is 13.1 Å². The zero-order valence-corrected chi connectivity index (χ0v) is 11.9. The van der Waals surface area contributed by atoms with E-state index in [9.17, 15) is 0 Å². The van der Waals surface area contributed by atoms with Gasteiger partial charge in [-0.15, -0.1) is 0 Å². The lowest BCUT2D eigenvalue weighted by Gasteiger charge is -2.40. The number of aryl methyl sites for hydroxylation is 1. The van der Waals surface area contributed by atoms with Gasteiger partial charge >= 0.3 is 0 Å². The molecule has 2 atom stereocenters. The normalized spacial score (nSPS) is 24.3. The van der Waals surface area contributed by atoms with E-state index in [4.69, 9.17) is 0 Å². The van der Waals surface area contributed by atoms with Gasteiger partial charge in [-0.25, -0.2) is 0 Å². The summed E-state index contributed by atoms with van der Waals surface area (Å²) >= 11 is 0. The van der Waals surface area contributed by atoms with E-state index < -0.39 is 0 Å². The van der Waals surface area contributed by atoms with Crippen LogP contribution in [0, 0.1) is 0 Å². The summed E-state index contributed by atoms with van der Waals surface area (Å²) in [5.74, 6) is 0. The zero-order valence-electron chi connectivity index (χ0n) is 11.9. The second-order valence-corrected chi connectivity index (χ2v) is 5.44. The highest BCUT2D eigenvalue weighted by atomic mass is 15.2. The summed E-state index contributed by atoms with van der Waals surface area (Å²) in [6.45, 7) is 9.00. The van der Waals surface area contributed by atoms with Crippen molar-refractivity contribution in [3.63, 3.8) is 0 Å².